The molecule has 0 saturated carbocycles. The zero-order valence-corrected chi connectivity index (χ0v) is 16.3. The zero-order chi connectivity index (χ0) is 19.8. The first-order valence-corrected chi connectivity index (χ1v) is 9.30. The maximum Gasteiger partial charge on any atom is 0.335 e. The van der Waals surface area contributed by atoms with Gasteiger partial charge in [0.2, 0.25) is 0 Å². The van der Waals surface area contributed by atoms with Crippen LogP contribution in [-0.2, 0) is 13.5 Å². The highest BCUT2D eigenvalue weighted by atomic mass is 16.2. The second-order valence-electron chi connectivity index (χ2n) is 7.06. The minimum absolute atomic E-state index is 0.474. The summed E-state index contributed by atoms with van der Waals surface area (Å²) < 4.78 is 1.90. The van der Waals surface area contributed by atoms with E-state index in [2.05, 4.69) is 35.3 Å². The van der Waals surface area contributed by atoms with Gasteiger partial charge < -0.3 is 5.73 Å². The first-order chi connectivity index (χ1) is 13.5. The molecule has 142 valence electrons. The van der Waals surface area contributed by atoms with Crippen LogP contribution in [0.2, 0.25) is 0 Å². The SMILES string of the molecule is Cc1nn(C)c(C)c1-c1ccc(C2=NN(C(N)=O)CCc3ccccc32)cc1. The van der Waals surface area contributed by atoms with Crippen molar-refractivity contribution in [3.8, 4) is 11.1 Å². The van der Waals surface area contributed by atoms with Crippen molar-refractivity contribution in [2.45, 2.75) is 20.3 Å². The fraction of sp³-hybridized carbons (Fsp3) is 0.227. The predicted molar refractivity (Wildman–Crippen MR) is 110 cm³/mol. The number of urea groups is 1. The van der Waals surface area contributed by atoms with E-state index in [0.717, 1.165) is 51.3 Å². The van der Waals surface area contributed by atoms with Crippen molar-refractivity contribution in [3.63, 3.8) is 0 Å². The van der Waals surface area contributed by atoms with Gasteiger partial charge in [0.25, 0.3) is 0 Å². The molecule has 2 heterocycles. The van der Waals surface area contributed by atoms with Crippen LogP contribution in [0.5, 0.6) is 0 Å². The van der Waals surface area contributed by atoms with Crippen LogP contribution in [0.1, 0.15) is 28.1 Å². The van der Waals surface area contributed by atoms with Crippen LogP contribution in [0, 0.1) is 13.8 Å². The maximum absolute atomic E-state index is 11.8. The molecule has 6 heteroatoms. The number of hydrogen-bond donors (Lipinski definition) is 1. The Morgan fingerprint density at radius 3 is 2.36 bits per heavy atom. The van der Waals surface area contributed by atoms with Gasteiger partial charge in [-0.3, -0.25) is 4.68 Å². The molecule has 2 aromatic carbocycles. The smallest absolute Gasteiger partial charge is 0.335 e. The first kappa shape index (κ1) is 18.0. The third-order valence-electron chi connectivity index (χ3n) is 5.30. The second kappa shape index (κ2) is 6.96. The summed E-state index contributed by atoms with van der Waals surface area (Å²) in [6.07, 6.45) is 0.721. The van der Waals surface area contributed by atoms with Gasteiger partial charge in [0.05, 0.1) is 18.0 Å². The van der Waals surface area contributed by atoms with E-state index in [1.165, 1.54) is 5.01 Å². The van der Waals surface area contributed by atoms with Gasteiger partial charge in [0, 0.05) is 29.4 Å². The van der Waals surface area contributed by atoms with Crippen molar-refractivity contribution in [1.82, 2.24) is 14.8 Å². The van der Waals surface area contributed by atoms with Crippen LogP contribution >= 0.6 is 0 Å². The Kier molecular flexibility index (Phi) is 4.47. The second-order valence-corrected chi connectivity index (χ2v) is 7.06. The molecular weight excluding hydrogens is 350 g/mol. The lowest BCUT2D eigenvalue weighted by molar-refractivity contribution is 0.211. The van der Waals surface area contributed by atoms with Crippen LogP contribution in [0.3, 0.4) is 0 Å². The number of hydrogen-bond acceptors (Lipinski definition) is 3. The summed E-state index contributed by atoms with van der Waals surface area (Å²) in [5, 5.41) is 10.4. The predicted octanol–water partition coefficient (Wildman–Crippen LogP) is 3.39. The Morgan fingerprint density at radius 2 is 1.71 bits per heavy atom. The normalized spacial score (nSPS) is 13.7. The number of rotatable bonds is 2. The Labute approximate surface area is 164 Å². The van der Waals surface area contributed by atoms with E-state index in [1.54, 1.807) is 0 Å². The number of carbonyl (C=O) groups excluding carboxylic acids is 1. The lowest BCUT2D eigenvalue weighted by atomic mass is 9.94. The number of nitrogens with two attached hydrogens (primary N) is 1. The molecule has 3 aromatic rings. The Bertz CT molecular complexity index is 1080. The summed E-state index contributed by atoms with van der Waals surface area (Å²) in [6, 6.07) is 15.8. The maximum atomic E-state index is 11.8. The standard InChI is InChI=1S/C22H23N5O/c1-14-20(15(2)26(3)24-14)17-8-10-18(11-9-17)21-19-7-5-4-6-16(19)12-13-27(25-21)22(23)28/h4-11H,12-13H2,1-3H3,(H2,23,28). The monoisotopic (exact) mass is 373 g/mol. The molecule has 0 aliphatic carbocycles. The van der Waals surface area contributed by atoms with Crippen molar-refractivity contribution >= 4 is 11.7 Å². The summed E-state index contributed by atoms with van der Waals surface area (Å²) in [6.45, 7) is 4.56. The number of aromatic nitrogens is 2. The molecule has 0 saturated heterocycles. The van der Waals surface area contributed by atoms with Gasteiger partial charge in [-0.05, 0) is 31.4 Å². The number of primary amides is 1. The molecule has 4 rings (SSSR count). The van der Waals surface area contributed by atoms with E-state index < -0.39 is 6.03 Å². The number of benzene rings is 2. The van der Waals surface area contributed by atoms with Crippen molar-refractivity contribution in [2.75, 3.05) is 6.54 Å². The average Bonchev–Trinajstić information content (AvgIpc) is 2.85. The van der Waals surface area contributed by atoms with Gasteiger partial charge in [-0.1, -0.05) is 48.5 Å². The van der Waals surface area contributed by atoms with E-state index in [4.69, 9.17) is 5.73 Å². The van der Waals surface area contributed by atoms with E-state index in [1.807, 2.05) is 49.0 Å². The lowest BCUT2D eigenvalue weighted by Gasteiger charge is -2.13. The highest BCUT2D eigenvalue weighted by Gasteiger charge is 2.20. The fourth-order valence-corrected chi connectivity index (χ4v) is 3.78. The van der Waals surface area contributed by atoms with E-state index in [0.29, 0.717) is 6.54 Å². The molecule has 0 fully saturated rings. The third kappa shape index (κ3) is 3.07. The van der Waals surface area contributed by atoms with Crippen LogP contribution in [0.25, 0.3) is 11.1 Å². The molecule has 0 radical (unpaired) electrons. The van der Waals surface area contributed by atoms with Crippen LogP contribution in [0.15, 0.2) is 53.6 Å². The molecule has 1 aliphatic heterocycles. The molecule has 6 nitrogen and oxygen atoms in total. The summed E-state index contributed by atoms with van der Waals surface area (Å²) in [4.78, 5) is 11.8. The number of fused-ring (bicyclic) bond motifs is 1. The van der Waals surface area contributed by atoms with Crippen LogP contribution < -0.4 is 5.73 Å². The van der Waals surface area contributed by atoms with E-state index >= 15 is 0 Å². The van der Waals surface area contributed by atoms with Crippen molar-refractivity contribution in [1.29, 1.82) is 0 Å². The van der Waals surface area contributed by atoms with Gasteiger partial charge in [0.1, 0.15) is 0 Å². The molecule has 28 heavy (non-hydrogen) atoms. The summed E-state index contributed by atoms with van der Waals surface area (Å²) in [5.74, 6) is 0. The molecule has 2 N–H and O–H groups in total. The molecule has 2 amide bonds. The highest BCUT2D eigenvalue weighted by molar-refractivity contribution is 6.14. The van der Waals surface area contributed by atoms with Gasteiger partial charge >= 0.3 is 6.03 Å². The Morgan fingerprint density at radius 1 is 1.04 bits per heavy atom. The minimum atomic E-state index is -0.538. The van der Waals surface area contributed by atoms with Crippen molar-refractivity contribution in [3.05, 3.63) is 76.6 Å². The van der Waals surface area contributed by atoms with Crippen LogP contribution in [-0.4, -0.2) is 33.1 Å². The zero-order valence-electron chi connectivity index (χ0n) is 16.3. The van der Waals surface area contributed by atoms with E-state index in [9.17, 15) is 4.79 Å². The van der Waals surface area contributed by atoms with E-state index in [-0.39, 0.29) is 0 Å². The minimum Gasteiger partial charge on any atom is -0.350 e. The summed E-state index contributed by atoms with van der Waals surface area (Å²) >= 11 is 0. The Hall–Kier alpha value is -3.41. The number of carbonyl (C=O) groups is 1. The molecule has 1 aromatic heterocycles. The van der Waals surface area contributed by atoms with Crippen molar-refractivity contribution in [2.24, 2.45) is 17.9 Å². The molecule has 0 spiro atoms. The first-order valence-electron chi connectivity index (χ1n) is 9.30. The molecular formula is C22H23N5O. The number of aryl methyl sites for hydroxylation is 2. The number of hydrazone groups is 1. The molecule has 0 unspecified atom stereocenters. The topological polar surface area (TPSA) is 76.5 Å². The van der Waals surface area contributed by atoms with Crippen molar-refractivity contribution < 1.29 is 4.79 Å². The Balaban J connectivity index is 1.79. The lowest BCUT2D eigenvalue weighted by Crippen LogP contribution is -2.33. The number of amides is 2. The quantitative estimate of drug-likeness (QED) is 0.747. The summed E-state index contributed by atoms with van der Waals surface area (Å²) in [5.41, 5.74) is 13.8. The van der Waals surface area contributed by atoms with Gasteiger partial charge in [0.15, 0.2) is 0 Å². The number of nitrogens with zero attached hydrogens (tertiary/aromatic N) is 4. The average molecular weight is 373 g/mol. The van der Waals surface area contributed by atoms with Gasteiger partial charge in [-0.2, -0.15) is 10.2 Å². The molecule has 0 atom stereocenters. The largest absolute Gasteiger partial charge is 0.350 e. The summed E-state index contributed by atoms with van der Waals surface area (Å²) in [7, 11) is 1.95. The molecule has 0 bridgehead atoms. The highest BCUT2D eigenvalue weighted by Crippen LogP contribution is 2.28. The molecule has 1 aliphatic rings. The van der Waals surface area contributed by atoms with Gasteiger partial charge in [-0.25, -0.2) is 9.80 Å². The van der Waals surface area contributed by atoms with Gasteiger partial charge in [-0.15, -0.1) is 0 Å². The third-order valence-corrected chi connectivity index (χ3v) is 5.30. The van der Waals surface area contributed by atoms with Crippen LogP contribution in [0.4, 0.5) is 4.79 Å². The fourth-order valence-electron chi connectivity index (χ4n) is 3.78.